The van der Waals surface area contributed by atoms with Gasteiger partial charge in [0.05, 0.1) is 5.56 Å². The summed E-state index contributed by atoms with van der Waals surface area (Å²) in [6.07, 6.45) is -3.63. The van der Waals surface area contributed by atoms with Crippen molar-refractivity contribution in [3.63, 3.8) is 0 Å². The van der Waals surface area contributed by atoms with Crippen LogP contribution in [0.3, 0.4) is 0 Å². The number of rotatable bonds is 7. The number of piperazine rings is 1. The molecular formula is C21H32F3N5O. The van der Waals surface area contributed by atoms with Gasteiger partial charge in [-0.3, -0.25) is 14.7 Å². The maximum Gasteiger partial charge on any atom is 0.416 e. The summed E-state index contributed by atoms with van der Waals surface area (Å²) in [5.41, 5.74) is 0.0701. The topological polar surface area (TPSA) is 60.0 Å². The second-order valence-electron chi connectivity index (χ2n) is 7.59. The number of carbonyl (C=O) groups excluding carboxylic acids is 1. The highest BCUT2D eigenvalue weighted by atomic mass is 19.4. The Hall–Kier alpha value is -2.29. The van der Waals surface area contributed by atoms with Crippen LogP contribution in [-0.4, -0.2) is 74.5 Å². The molecule has 1 atom stereocenters. The molecule has 2 N–H and O–H groups in total. The Kier molecular flexibility index (Phi) is 8.95. The normalized spacial score (nSPS) is 17.0. The highest BCUT2D eigenvalue weighted by Gasteiger charge is 2.30. The Bertz CT molecular complexity index is 715. The van der Waals surface area contributed by atoms with Gasteiger partial charge in [0.25, 0.3) is 0 Å². The minimum Gasteiger partial charge on any atom is -0.356 e. The van der Waals surface area contributed by atoms with Gasteiger partial charge in [-0.2, -0.15) is 13.2 Å². The number of nitrogens with one attached hydrogen (secondary N) is 2. The molecule has 0 aromatic heterocycles. The summed E-state index contributed by atoms with van der Waals surface area (Å²) < 4.78 is 38.7. The number of aliphatic imine (C=N–C) groups is 1. The summed E-state index contributed by atoms with van der Waals surface area (Å²) in [4.78, 5) is 19.7. The summed E-state index contributed by atoms with van der Waals surface area (Å²) in [5, 5.41) is 6.48. The van der Waals surface area contributed by atoms with Crippen molar-refractivity contribution in [2.45, 2.75) is 32.4 Å². The van der Waals surface area contributed by atoms with Gasteiger partial charge in [-0.1, -0.05) is 25.1 Å². The van der Waals surface area contributed by atoms with Crippen LogP contribution in [-0.2, 0) is 11.0 Å². The van der Waals surface area contributed by atoms with Crippen molar-refractivity contribution in [1.82, 2.24) is 20.4 Å². The molecule has 6 nitrogen and oxygen atoms in total. The first-order chi connectivity index (χ1) is 14.2. The average Bonchev–Trinajstić information content (AvgIpc) is 2.72. The van der Waals surface area contributed by atoms with E-state index in [2.05, 4.69) is 20.5 Å². The van der Waals surface area contributed by atoms with Gasteiger partial charge in [-0.25, -0.2) is 0 Å². The number of benzene rings is 1. The molecule has 9 heteroatoms. The molecule has 1 aliphatic heterocycles. The lowest BCUT2D eigenvalue weighted by Crippen LogP contribution is -2.50. The summed E-state index contributed by atoms with van der Waals surface area (Å²) in [6, 6.07) is 5.52. The predicted octanol–water partition coefficient (Wildman–Crippen LogP) is 2.53. The largest absolute Gasteiger partial charge is 0.416 e. The van der Waals surface area contributed by atoms with Crippen molar-refractivity contribution in [3.05, 3.63) is 35.4 Å². The number of guanidine groups is 1. The molecule has 1 aromatic rings. The van der Waals surface area contributed by atoms with E-state index < -0.39 is 11.7 Å². The van der Waals surface area contributed by atoms with Gasteiger partial charge in [0, 0.05) is 59.8 Å². The van der Waals surface area contributed by atoms with E-state index in [9.17, 15) is 18.0 Å². The molecule has 0 aliphatic carbocycles. The lowest BCUT2D eigenvalue weighted by Gasteiger charge is -2.34. The van der Waals surface area contributed by atoms with Crippen LogP contribution in [0.25, 0.3) is 0 Å². The lowest BCUT2D eigenvalue weighted by molar-refractivity contribution is -0.137. The Morgan fingerprint density at radius 2 is 1.83 bits per heavy atom. The molecule has 1 fully saturated rings. The summed E-state index contributed by atoms with van der Waals surface area (Å²) in [6.45, 7) is 8.95. The van der Waals surface area contributed by atoms with E-state index >= 15 is 0 Å². The van der Waals surface area contributed by atoms with Crippen LogP contribution in [0.4, 0.5) is 13.2 Å². The second kappa shape index (κ2) is 11.2. The summed E-state index contributed by atoms with van der Waals surface area (Å²) in [7, 11) is 1.69. The number of halogens is 3. The Labute approximate surface area is 176 Å². The van der Waals surface area contributed by atoms with Crippen LogP contribution in [0.2, 0.25) is 0 Å². The van der Waals surface area contributed by atoms with Gasteiger partial charge in [0.2, 0.25) is 5.91 Å². The molecule has 0 saturated carbocycles. The highest BCUT2D eigenvalue weighted by molar-refractivity contribution is 5.79. The van der Waals surface area contributed by atoms with Crippen LogP contribution in [0.5, 0.6) is 0 Å². The first-order valence-corrected chi connectivity index (χ1v) is 10.3. The molecule has 0 bridgehead atoms. The van der Waals surface area contributed by atoms with Crippen molar-refractivity contribution in [3.8, 4) is 0 Å². The predicted molar refractivity (Wildman–Crippen MR) is 113 cm³/mol. The van der Waals surface area contributed by atoms with Gasteiger partial charge >= 0.3 is 6.18 Å². The molecule has 0 spiro atoms. The average molecular weight is 428 g/mol. The van der Waals surface area contributed by atoms with E-state index in [0.717, 1.165) is 45.3 Å². The Morgan fingerprint density at radius 3 is 2.43 bits per heavy atom. The van der Waals surface area contributed by atoms with Crippen molar-refractivity contribution in [2.24, 2.45) is 4.99 Å². The fourth-order valence-corrected chi connectivity index (χ4v) is 3.43. The van der Waals surface area contributed by atoms with Crippen molar-refractivity contribution < 1.29 is 18.0 Å². The van der Waals surface area contributed by atoms with Crippen molar-refractivity contribution in [2.75, 3.05) is 52.9 Å². The number of nitrogens with zero attached hydrogens (tertiary/aromatic N) is 3. The van der Waals surface area contributed by atoms with Crippen LogP contribution < -0.4 is 10.6 Å². The molecule has 0 radical (unpaired) electrons. The number of alkyl halides is 3. The van der Waals surface area contributed by atoms with Gasteiger partial charge in [-0.05, 0) is 24.0 Å². The van der Waals surface area contributed by atoms with Crippen molar-refractivity contribution in [1.29, 1.82) is 0 Å². The molecule has 1 amide bonds. The molecule has 2 rings (SSSR count). The molecule has 1 aromatic carbocycles. The summed E-state index contributed by atoms with van der Waals surface area (Å²) >= 11 is 0. The third-order valence-electron chi connectivity index (χ3n) is 5.41. The fourth-order valence-electron chi connectivity index (χ4n) is 3.43. The Morgan fingerprint density at radius 1 is 1.17 bits per heavy atom. The smallest absolute Gasteiger partial charge is 0.356 e. The third-order valence-corrected chi connectivity index (χ3v) is 5.41. The van der Waals surface area contributed by atoms with E-state index in [1.165, 1.54) is 12.1 Å². The van der Waals surface area contributed by atoms with Gasteiger partial charge in [-0.15, -0.1) is 0 Å². The van der Waals surface area contributed by atoms with E-state index in [-0.39, 0.29) is 11.8 Å². The summed E-state index contributed by atoms with van der Waals surface area (Å²) in [5.74, 6) is 0.792. The second-order valence-corrected chi connectivity index (χ2v) is 7.59. The number of amides is 1. The maximum atomic E-state index is 12.9. The molecule has 168 valence electrons. The first-order valence-electron chi connectivity index (χ1n) is 10.3. The molecule has 1 aliphatic rings. The zero-order valence-electron chi connectivity index (χ0n) is 17.9. The van der Waals surface area contributed by atoms with Crippen molar-refractivity contribution >= 4 is 11.9 Å². The molecular weight excluding hydrogens is 395 g/mol. The van der Waals surface area contributed by atoms with Crippen LogP contribution >= 0.6 is 0 Å². The third kappa shape index (κ3) is 7.51. The first kappa shape index (κ1) is 24.0. The minimum atomic E-state index is -4.32. The number of hydrogen-bond donors (Lipinski definition) is 2. The molecule has 30 heavy (non-hydrogen) atoms. The van der Waals surface area contributed by atoms with Gasteiger partial charge in [0.15, 0.2) is 5.96 Å². The Balaban J connectivity index is 1.69. The quantitative estimate of drug-likeness (QED) is 0.519. The SMILES string of the molecule is CN=C(NCCC(C)c1cccc(C(F)(F)F)c1)NCCN1CCN(C(C)=O)CC1. The standard InChI is InChI=1S/C21H32F3N5O/c1-16(18-5-4-6-19(15-18)21(22,23)24)7-8-26-20(25-3)27-9-10-28-11-13-29(14-12-28)17(2)30/h4-6,15-16H,7-14H2,1-3H3,(H2,25,26,27). The number of hydrogen-bond acceptors (Lipinski definition) is 3. The number of carbonyl (C=O) groups is 1. The molecule has 1 saturated heterocycles. The zero-order chi connectivity index (χ0) is 22.1. The van der Waals surface area contributed by atoms with Gasteiger partial charge in [0.1, 0.15) is 0 Å². The zero-order valence-corrected chi connectivity index (χ0v) is 17.9. The van der Waals surface area contributed by atoms with Crippen LogP contribution in [0, 0.1) is 0 Å². The van der Waals surface area contributed by atoms with E-state index in [0.29, 0.717) is 24.5 Å². The van der Waals surface area contributed by atoms with E-state index in [4.69, 9.17) is 0 Å². The monoisotopic (exact) mass is 427 g/mol. The highest BCUT2D eigenvalue weighted by Crippen LogP contribution is 2.31. The minimum absolute atomic E-state index is 0.00419. The van der Waals surface area contributed by atoms with Crippen LogP contribution in [0.15, 0.2) is 29.3 Å². The van der Waals surface area contributed by atoms with E-state index in [1.807, 2.05) is 11.8 Å². The van der Waals surface area contributed by atoms with Crippen LogP contribution in [0.1, 0.15) is 37.3 Å². The molecule has 1 unspecified atom stereocenters. The molecule has 1 heterocycles. The maximum absolute atomic E-state index is 12.9. The van der Waals surface area contributed by atoms with E-state index in [1.54, 1.807) is 20.0 Å². The van der Waals surface area contributed by atoms with Gasteiger partial charge < -0.3 is 15.5 Å². The lowest BCUT2D eigenvalue weighted by atomic mass is 9.96. The fraction of sp³-hybridized carbons (Fsp3) is 0.619.